The first-order chi connectivity index (χ1) is 8.99. The molecule has 20 heavy (non-hydrogen) atoms. The predicted octanol–water partition coefficient (Wildman–Crippen LogP) is 2.65. The molecule has 0 aliphatic rings. The molecule has 0 fully saturated rings. The van der Waals surface area contributed by atoms with Gasteiger partial charge in [0.1, 0.15) is 5.75 Å². The fourth-order valence-corrected chi connectivity index (χ4v) is 2.94. The molecular formula is C15H14IrO3S. The van der Waals surface area contributed by atoms with Crippen LogP contribution in [0.3, 0.4) is 0 Å². The smallest absolute Gasteiger partial charge is 0.185 e. The van der Waals surface area contributed by atoms with E-state index in [1.807, 2.05) is 6.92 Å². The number of aryl methyl sites for hydroxylation is 1. The molecule has 0 saturated heterocycles. The zero-order valence-corrected chi connectivity index (χ0v) is 14.1. The Hall–Kier alpha value is -1.29. The molecule has 0 N–H and O–H groups in total. The maximum Gasteiger partial charge on any atom is 0.185 e. The number of sulfone groups is 1. The quantitative estimate of drug-likeness (QED) is 0.651. The second kappa shape index (κ2) is 6.93. The Morgan fingerprint density at radius 3 is 2.05 bits per heavy atom. The molecule has 0 saturated carbocycles. The van der Waals surface area contributed by atoms with Crippen molar-refractivity contribution >= 4 is 15.6 Å². The number of hydrogen-bond donors (Lipinski definition) is 0. The van der Waals surface area contributed by atoms with E-state index in [9.17, 15) is 13.2 Å². The van der Waals surface area contributed by atoms with Crippen LogP contribution in [0.15, 0.2) is 59.5 Å². The van der Waals surface area contributed by atoms with Gasteiger partial charge in [-0.3, -0.25) is 4.79 Å². The minimum Gasteiger partial charge on any atom is -0.293 e. The van der Waals surface area contributed by atoms with Crippen LogP contribution < -0.4 is 0 Å². The van der Waals surface area contributed by atoms with Gasteiger partial charge in [0.05, 0.1) is 4.90 Å². The average molecular weight is 467 g/mol. The van der Waals surface area contributed by atoms with Crippen molar-refractivity contribution in [2.24, 2.45) is 0 Å². The zero-order chi connectivity index (χ0) is 13.9. The Bertz CT molecular complexity index is 677. The summed E-state index contributed by atoms with van der Waals surface area (Å²) < 4.78 is 24.2. The van der Waals surface area contributed by atoms with Gasteiger partial charge in [0.2, 0.25) is 0 Å². The predicted molar refractivity (Wildman–Crippen MR) is 74.0 cm³/mol. The fourth-order valence-electron chi connectivity index (χ4n) is 1.71. The molecule has 0 unspecified atom stereocenters. The van der Waals surface area contributed by atoms with Crippen LogP contribution in [-0.2, 0) is 29.9 Å². The van der Waals surface area contributed by atoms with Crippen molar-refractivity contribution in [3.8, 4) is 0 Å². The number of rotatable bonds is 4. The molecule has 0 aliphatic heterocycles. The maximum absolute atomic E-state index is 12.1. The molecule has 1 radical (unpaired) electrons. The molecule has 0 atom stereocenters. The molecule has 0 spiro atoms. The molecule has 0 aromatic heterocycles. The Morgan fingerprint density at radius 1 is 0.950 bits per heavy atom. The van der Waals surface area contributed by atoms with Gasteiger partial charge in [0.25, 0.3) is 0 Å². The molecule has 0 aliphatic carbocycles. The summed E-state index contributed by atoms with van der Waals surface area (Å²) in [7, 11) is -3.57. The third-order valence-corrected chi connectivity index (χ3v) is 4.43. The van der Waals surface area contributed by atoms with Crippen molar-refractivity contribution in [3.63, 3.8) is 0 Å². The molecule has 3 nitrogen and oxygen atoms in total. The standard InChI is InChI=1S/C15H14O3S.Ir/c1-12-7-9-14(10-8-12)19(17,18)11-15(16)13-5-3-2-4-6-13;/h2-10H,11H2,1H3;. The minimum absolute atomic E-state index is 0. The third kappa shape index (κ3) is 4.10. The summed E-state index contributed by atoms with van der Waals surface area (Å²) in [6, 6.07) is 15.0. The number of Topliss-reactive ketones (excluding diaryl/α,β-unsaturated/α-hetero) is 1. The third-order valence-electron chi connectivity index (χ3n) is 2.80. The van der Waals surface area contributed by atoms with Crippen molar-refractivity contribution in [2.75, 3.05) is 5.75 Å². The zero-order valence-electron chi connectivity index (χ0n) is 10.9. The van der Waals surface area contributed by atoms with Crippen LogP contribution in [0.25, 0.3) is 0 Å². The van der Waals surface area contributed by atoms with Crippen molar-refractivity contribution in [3.05, 3.63) is 65.7 Å². The van der Waals surface area contributed by atoms with E-state index in [1.54, 1.807) is 42.5 Å². The average Bonchev–Trinajstić information content (AvgIpc) is 2.40. The summed E-state index contributed by atoms with van der Waals surface area (Å²) in [5.41, 5.74) is 1.39. The SMILES string of the molecule is Cc1ccc(S(=O)(=O)CC(=O)c2ccccc2)cc1.[Ir]. The normalized spacial score (nSPS) is 10.7. The van der Waals surface area contributed by atoms with E-state index in [1.165, 1.54) is 12.1 Å². The van der Waals surface area contributed by atoms with E-state index in [2.05, 4.69) is 0 Å². The molecule has 0 amide bonds. The van der Waals surface area contributed by atoms with Gasteiger partial charge in [-0.25, -0.2) is 8.42 Å². The van der Waals surface area contributed by atoms with Gasteiger partial charge in [0.15, 0.2) is 15.6 Å². The summed E-state index contributed by atoms with van der Waals surface area (Å²) in [5, 5.41) is 0. The minimum atomic E-state index is -3.57. The van der Waals surface area contributed by atoms with E-state index in [0.29, 0.717) is 5.56 Å². The van der Waals surface area contributed by atoms with E-state index >= 15 is 0 Å². The van der Waals surface area contributed by atoms with Gasteiger partial charge in [-0.15, -0.1) is 0 Å². The summed E-state index contributed by atoms with van der Waals surface area (Å²) >= 11 is 0. The molecule has 2 aromatic carbocycles. The summed E-state index contributed by atoms with van der Waals surface area (Å²) in [6.07, 6.45) is 0. The molecule has 5 heteroatoms. The topological polar surface area (TPSA) is 51.2 Å². The number of carbonyl (C=O) groups excluding carboxylic acids is 1. The van der Waals surface area contributed by atoms with Gasteiger partial charge in [-0.05, 0) is 19.1 Å². The van der Waals surface area contributed by atoms with Gasteiger partial charge < -0.3 is 0 Å². The number of hydrogen-bond acceptors (Lipinski definition) is 3. The largest absolute Gasteiger partial charge is 0.293 e. The van der Waals surface area contributed by atoms with E-state index in [0.717, 1.165) is 5.56 Å². The molecular weight excluding hydrogens is 452 g/mol. The second-order valence-corrected chi connectivity index (χ2v) is 6.35. The van der Waals surface area contributed by atoms with E-state index in [-0.39, 0.29) is 30.8 Å². The van der Waals surface area contributed by atoms with Crippen LogP contribution in [0.1, 0.15) is 15.9 Å². The Balaban J connectivity index is 0.00000200. The van der Waals surface area contributed by atoms with Gasteiger partial charge in [-0.1, -0.05) is 48.0 Å². The van der Waals surface area contributed by atoms with Crippen LogP contribution in [0.2, 0.25) is 0 Å². The first-order valence-electron chi connectivity index (χ1n) is 5.87. The van der Waals surface area contributed by atoms with Gasteiger partial charge in [0, 0.05) is 25.7 Å². The maximum atomic E-state index is 12.1. The molecule has 2 rings (SSSR count). The Morgan fingerprint density at radius 2 is 1.50 bits per heavy atom. The van der Waals surface area contributed by atoms with Gasteiger partial charge in [-0.2, -0.15) is 0 Å². The molecule has 0 heterocycles. The molecule has 2 aromatic rings. The van der Waals surface area contributed by atoms with Crippen molar-refractivity contribution in [2.45, 2.75) is 11.8 Å². The van der Waals surface area contributed by atoms with Crippen molar-refractivity contribution in [1.82, 2.24) is 0 Å². The van der Waals surface area contributed by atoms with Gasteiger partial charge >= 0.3 is 0 Å². The first-order valence-corrected chi connectivity index (χ1v) is 7.52. The monoisotopic (exact) mass is 467 g/mol. The second-order valence-electron chi connectivity index (χ2n) is 4.36. The summed E-state index contributed by atoms with van der Waals surface area (Å²) in [4.78, 5) is 12.1. The number of carbonyl (C=O) groups is 1. The first kappa shape index (κ1) is 16.8. The van der Waals surface area contributed by atoms with E-state index in [4.69, 9.17) is 0 Å². The van der Waals surface area contributed by atoms with Crippen LogP contribution in [0, 0.1) is 6.92 Å². The van der Waals surface area contributed by atoms with Crippen LogP contribution in [-0.4, -0.2) is 20.0 Å². The van der Waals surface area contributed by atoms with Crippen LogP contribution in [0.5, 0.6) is 0 Å². The number of ketones is 1. The summed E-state index contributed by atoms with van der Waals surface area (Å²) in [6.45, 7) is 1.88. The molecule has 0 bridgehead atoms. The fraction of sp³-hybridized carbons (Fsp3) is 0.133. The van der Waals surface area contributed by atoms with Crippen molar-refractivity contribution < 1.29 is 33.3 Å². The Kier molecular flexibility index (Phi) is 5.81. The van der Waals surface area contributed by atoms with E-state index < -0.39 is 15.6 Å². The number of benzene rings is 2. The van der Waals surface area contributed by atoms with Crippen LogP contribution in [0.4, 0.5) is 0 Å². The Labute approximate surface area is 132 Å². The summed E-state index contributed by atoms with van der Waals surface area (Å²) in [5.74, 6) is -0.888. The van der Waals surface area contributed by atoms with Crippen molar-refractivity contribution in [1.29, 1.82) is 0 Å². The molecule has 107 valence electrons. The van der Waals surface area contributed by atoms with Crippen LogP contribution >= 0.6 is 0 Å².